The molecule has 0 radical (unpaired) electrons. The summed E-state index contributed by atoms with van der Waals surface area (Å²) < 4.78 is 39.8. The summed E-state index contributed by atoms with van der Waals surface area (Å²) in [4.78, 5) is 28.4. The minimum atomic E-state index is -0.947. The van der Waals surface area contributed by atoms with Crippen molar-refractivity contribution in [2.45, 2.75) is 6.54 Å². The number of carbonyl (C=O) groups excluding carboxylic acids is 1. The van der Waals surface area contributed by atoms with Gasteiger partial charge in [-0.25, -0.2) is 13.8 Å². The summed E-state index contributed by atoms with van der Waals surface area (Å²) in [5.41, 5.74) is 0.495. The number of hydroxylamine groups is 3. The molecule has 10 nitrogen and oxygen atoms in total. The molecule has 0 fully saturated rings. The SMILES string of the molecule is COc1cc(OC)c(F)c(-c2ccc(C(=O)Nc3ncc(C[N+](C)(C)[O-])[nH]3)c3nccnc23)c1F. The zero-order chi connectivity index (χ0) is 25.3. The van der Waals surface area contributed by atoms with E-state index in [1.54, 1.807) is 0 Å². The second-order valence-electron chi connectivity index (χ2n) is 8.14. The number of hydrogen-bond acceptors (Lipinski definition) is 7. The maximum Gasteiger partial charge on any atom is 0.260 e. The predicted molar refractivity (Wildman–Crippen MR) is 124 cm³/mol. The molecular weight excluding hydrogens is 462 g/mol. The lowest BCUT2D eigenvalue weighted by Crippen LogP contribution is -2.31. The fourth-order valence-corrected chi connectivity index (χ4v) is 3.65. The van der Waals surface area contributed by atoms with E-state index < -0.39 is 27.8 Å². The molecule has 4 rings (SSSR count). The van der Waals surface area contributed by atoms with Gasteiger partial charge in [0.25, 0.3) is 5.91 Å². The largest absolute Gasteiger partial charge is 0.633 e. The van der Waals surface area contributed by atoms with Gasteiger partial charge >= 0.3 is 0 Å². The first-order valence-electron chi connectivity index (χ1n) is 10.4. The lowest BCUT2D eigenvalue weighted by Gasteiger charge is -2.32. The van der Waals surface area contributed by atoms with Gasteiger partial charge in [0.1, 0.15) is 12.1 Å². The molecule has 2 aromatic carbocycles. The Morgan fingerprint density at radius 2 is 1.69 bits per heavy atom. The van der Waals surface area contributed by atoms with E-state index in [1.807, 2.05) is 0 Å². The topological polar surface area (TPSA) is 125 Å². The molecule has 0 aliphatic heterocycles. The number of imidazole rings is 1. The first-order valence-corrected chi connectivity index (χ1v) is 10.4. The Bertz CT molecular complexity index is 1390. The Labute approximate surface area is 198 Å². The number of quaternary nitrogens is 1. The van der Waals surface area contributed by atoms with E-state index in [9.17, 15) is 10.0 Å². The van der Waals surface area contributed by atoms with Crippen molar-refractivity contribution >= 4 is 22.9 Å². The zero-order valence-corrected chi connectivity index (χ0v) is 19.3. The molecule has 0 saturated carbocycles. The number of aromatic amines is 1. The van der Waals surface area contributed by atoms with Crippen LogP contribution in [0.5, 0.6) is 11.5 Å². The number of benzene rings is 2. The summed E-state index contributed by atoms with van der Waals surface area (Å²) in [6.45, 7) is 0.132. The van der Waals surface area contributed by atoms with E-state index in [0.29, 0.717) is 5.69 Å². The highest BCUT2D eigenvalue weighted by molar-refractivity contribution is 6.13. The average molecular weight is 484 g/mol. The van der Waals surface area contributed by atoms with E-state index >= 15 is 8.78 Å². The quantitative estimate of drug-likeness (QED) is 0.303. The van der Waals surface area contributed by atoms with Crippen molar-refractivity contribution in [1.29, 1.82) is 0 Å². The number of hydrogen-bond donors (Lipinski definition) is 2. The molecule has 0 aliphatic rings. The van der Waals surface area contributed by atoms with Crippen LogP contribution in [0.15, 0.2) is 36.8 Å². The van der Waals surface area contributed by atoms with Crippen LogP contribution < -0.4 is 14.8 Å². The van der Waals surface area contributed by atoms with Crippen molar-refractivity contribution in [1.82, 2.24) is 19.9 Å². The second kappa shape index (κ2) is 9.24. The van der Waals surface area contributed by atoms with Crippen LogP contribution in [0.1, 0.15) is 16.1 Å². The Balaban J connectivity index is 1.77. The third-order valence-electron chi connectivity index (χ3n) is 5.12. The van der Waals surface area contributed by atoms with Gasteiger partial charge in [0, 0.05) is 24.0 Å². The lowest BCUT2D eigenvalue weighted by molar-refractivity contribution is -0.854. The second-order valence-corrected chi connectivity index (χ2v) is 8.14. The van der Waals surface area contributed by atoms with Gasteiger partial charge in [0.2, 0.25) is 5.95 Å². The summed E-state index contributed by atoms with van der Waals surface area (Å²) in [6.07, 6.45) is 4.17. The van der Waals surface area contributed by atoms with Gasteiger partial charge in [-0.1, -0.05) is 6.07 Å². The Kier molecular flexibility index (Phi) is 6.33. The molecule has 2 heterocycles. The van der Waals surface area contributed by atoms with Gasteiger partial charge in [0.15, 0.2) is 23.1 Å². The van der Waals surface area contributed by atoms with Crippen LogP contribution in [0.25, 0.3) is 22.2 Å². The first kappa shape index (κ1) is 24.0. The summed E-state index contributed by atoms with van der Waals surface area (Å²) in [6, 6.07) is 3.86. The Morgan fingerprint density at radius 3 is 2.29 bits per heavy atom. The molecule has 2 aromatic heterocycles. The predicted octanol–water partition coefficient (Wildman–Crippen LogP) is 3.64. The number of ether oxygens (including phenoxy) is 2. The first-order chi connectivity index (χ1) is 16.6. The van der Waals surface area contributed by atoms with Crippen molar-refractivity contribution in [2.75, 3.05) is 33.6 Å². The molecule has 12 heteroatoms. The number of methoxy groups -OCH3 is 2. The van der Waals surface area contributed by atoms with E-state index in [-0.39, 0.29) is 46.2 Å². The number of halogens is 2. The number of rotatable bonds is 7. The van der Waals surface area contributed by atoms with Gasteiger partial charge < -0.3 is 24.3 Å². The summed E-state index contributed by atoms with van der Waals surface area (Å²) >= 11 is 0. The van der Waals surface area contributed by atoms with Crippen LogP contribution in [0.3, 0.4) is 0 Å². The minimum absolute atomic E-state index is 0.0626. The van der Waals surface area contributed by atoms with E-state index in [0.717, 1.165) is 6.07 Å². The highest BCUT2D eigenvalue weighted by Gasteiger charge is 2.25. The molecule has 0 saturated heterocycles. The third kappa shape index (κ3) is 4.74. The minimum Gasteiger partial charge on any atom is -0.633 e. The lowest BCUT2D eigenvalue weighted by atomic mass is 9.99. The van der Waals surface area contributed by atoms with Crippen molar-refractivity contribution in [3.05, 3.63) is 64.9 Å². The molecule has 0 unspecified atom stereocenters. The van der Waals surface area contributed by atoms with Crippen LogP contribution in [-0.4, -0.2) is 58.8 Å². The fraction of sp³-hybridized carbons (Fsp3) is 0.217. The molecule has 1 amide bonds. The monoisotopic (exact) mass is 484 g/mol. The number of fused-ring (bicyclic) bond motifs is 1. The summed E-state index contributed by atoms with van der Waals surface area (Å²) in [5.74, 6) is -2.77. The molecule has 0 bridgehead atoms. The number of aromatic nitrogens is 4. The molecule has 0 atom stereocenters. The van der Waals surface area contributed by atoms with Crippen LogP contribution in [0, 0.1) is 16.8 Å². The summed E-state index contributed by atoms with van der Waals surface area (Å²) in [7, 11) is 5.47. The maximum atomic E-state index is 15.1. The Morgan fingerprint density at radius 1 is 1.06 bits per heavy atom. The smallest absolute Gasteiger partial charge is 0.260 e. The molecule has 35 heavy (non-hydrogen) atoms. The van der Waals surface area contributed by atoms with Gasteiger partial charge in [0.05, 0.1) is 56.8 Å². The number of H-pyrrole nitrogens is 1. The number of nitrogens with zero attached hydrogens (tertiary/aromatic N) is 4. The molecule has 2 N–H and O–H groups in total. The number of amides is 1. The molecule has 0 aliphatic carbocycles. The zero-order valence-electron chi connectivity index (χ0n) is 19.3. The maximum absolute atomic E-state index is 15.1. The van der Waals surface area contributed by atoms with E-state index in [1.165, 1.54) is 59.0 Å². The number of anilines is 1. The molecule has 0 spiro atoms. The van der Waals surface area contributed by atoms with Crippen LogP contribution in [0.2, 0.25) is 0 Å². The highest BCUT2D eigenvalue weighted by atomic mass is 19.1. The van der Waals surface area contributed by atoms with Gasteiger partial charge in [-0.3, -0.25) is 20.1 Å². The summed E-state index contributed by atoms with van der Waals surface area (Å²) in [5, 5.41) is 14.5. The van der Waals surface area contributed by atoms with E-state index in [4.69, 9.17) is 9.47 Å². The fourth-order valence-electron chi connectivity index (χ4n) is 3.65. The standard InChI is InChI=1S/C23H22F2N6O4/c1-31(2,33)11-12-10-28-23(29-12)30-22(32)14-6-5-13(20-21(14)27-8-7-26-20)17-18(24)15(34-3)9-16(35-4)19(17)25/h5-10H,11H2,1-4H3,(H2,28,29,30,32). The van der Waals surface area contributed by atoms with Crippen LogP contribution in [0.4, 0.5) is 14.7 Å². The number of carbonyl (C=O) groups is 1. The molecular formula is C23H22F2N6O4. The van der Waals surface area contributed by atoms with Gasteiger partial charge in [-0.05, 0) is 6.07 Å². The van der Waals surface area contributed by atoms with Crippen LogP contribution in [-0.2, 0) is 6.54 Å². The average Bonchev–Trinajstić information content (AvgIpc) is 3.24. The molecule has 182 valence electrons. The van der Waals surface area contributed by atoms with Crippen molar-refractivity contribution < 1.29 is 27.7 Å². The Hall–Kier alpha value is -4.16. The van der Waals surface area contributed by atoms with Gasteiger partial charge in [-0.2, -0.15) is 0 Å². The number of nitrogens with one attached hydrogen (secondary N) is 2. The van der Waals surface area contributed by atoms with E-state index in [2.05, 4.69) is 25.3 Å². The molecule has 4 aromatic rings. The van der Waals surface area contributed by atoms with Crippen LogP contribution >= 0.6 is 0 Å². The van der Waals surface area contributed by atoms with Crippen molar-refractivity contribution in [2.24, 2.45) is 0 Å². The normalized spacial score (nSPS) is 11.5. The highest BCUT2D eigenvalue weighted by Crippen LogP contribution is 2.40. The van der Waals surface area contributed by atoms with Crippen molar-refractivity contribution in [3.63, 3.8) is 0 Å². The van der Waals surface area contributed by atoms with Gasteiger partial charge in [-0.15, -0.1) is 0 Å². The van der Waals surface area contributed by atoms with Crippen molar-refractivity contribution in [3.8, 4) is 22.6 Å². The third-order valence-corrected chi connectivity index (χ3v) is 5.12.